The highest BCUT2D eigenvalue weighted by Gasteiger charge is 2.14. The van der Waals surface area contributed by atoms with Gasteiger partial charge in [0.2, 0.25) is 11.8 Å². The molecule has 0 unspecified atom stereocenters. The van der Waals surface area contributed by atoms with E-state index in [4.69, 9.17) is 4.74 Å². The van der Waals surface area contributed by atoms with E-state index >= 15 is 0 Å². The number of anilines is 1. The summed E-state index contributed by atoms with van der Waals surface area (Å²) in [5.41, 5.74) is 0.899. The Labute approximate surface area is 148 Å². The first-order valence-corrected chi connectivity index (χ1v) is 8.87. The average Bonchev–Trinajstić information content (AvgIpc) is 2.61. The Morgan fingerprint density at radius 3 is 2.44 bits per heavy atom. The third-order valence-corrected chi connectivity index (χ3v) is 4.28. The van der Waals surface area contributed by atoms with Crippen LogP contribution in [0.2, 0.25) is 0 Å². The predicted octanol–water partition coefficient (Wildman–Crippen LogP) is 3.47. The quantitative estimate of drug-likeness (QED) is 0.902. The van der Waals surface area contributed by atoms with E-state index in [0.717, 1.165) is 31.6 Å². The lowest BCUT2D eigenvalue weighted by atomic mass is 10.1. The number of nitrogens with one attached hydrogen (secondary N) is 1. The standard InChI is InChI=1S/C19H24N4O2/c24-19(23-12-4-2-1-3-5-13-23)14-21-16-6-8-17(9-7-16)25-18-10-11-20-15-22-18/h6-11,15,21H,1-5,12-14H2. The average molecular weight is 340 g/mol. The largest absolute Gasteiger partial charge is 0.439 e. The van der Waals surface area contributed by atoms with Crippen molar-refractivity contribution in [2.45, 2.75) is 32.1 Å². The van der Waals surface area contributed by atoms with E-state index in [1.54, 1.807) is 12.3 Å². The second-order valence-electron chi connectivity index (χ2n) is 6.18. The van der Waals surface area contributed by atoms with Gasteiger partial charge in [0, 0.05) is 31.0 Å². The lowest BCUT2D eigenvalue weighted by Gasteiger charge is -2.25. The number of nitrogens with zero attached hydrogens (tertiary/aromatic N) is 3. The molecule has 132 valence electrons. The highest BCUT2D eigenvalue weighted by atomic mass is 16.5. The number of aromatic nitrogens is 2. The van der Waals surface area contributed by atoms with Crippen LogP contribution in [-0.4, -0.2) is 40.4 Å². The first-order valence-electron chi connectivity index (χ1n) is 8.87. The molecule has 0 saturated carbocycles. The molecule has 0 radical (unpaired) electrons. The molecule has 1 amide bonds. The summed E-state index contributed by atoms with van der Waals surface area (Å²) in [5.74, 6) is 1.37. The summed E-state index contributed by atoms with van der Waals surface area (Å²) in [6, 6.07) is 9.21. The van der Waals surface area contributed by atoms with Crippen molar-refractivity contribution in [3.8, 4) is 11.6 Å². The van der Waals surface area contributed by atoms with Crippen molar-refractivity contribution >= 4 is 11.6 Å². The fourth-order valence-electron chi connectivity index (χ4n) is 2.89. The summed E-state index contributed by atoms with van der Waals surface area (Å²) >= 11 is 0. The zero-order valence-corrected chi connectivity index (χ0v) is 14.4. The fourth-order valence-corrected chi connectivity index (χ4v) is 2.89. The number of amides is 1. The van der Waals surface area contributed by atoms with Crippen molar-refractivity contribution in [1.82, 2.24) is 14.9 Å². The lowest BCUT2D eigenvalue weighted by Crippen LogP contribution is -2.37. The summed E-state index contributed by atoms with van der Waals surface area (Å²) in [7, 11) is 0. The van der Waals surface area contributed by atoms with Crippen LogP contribution in [0.15, 0.2) is 42.9 Å². The van der Waals surface area contributed by atoms with Crippen LogP contribution in [0.3, 0.4) is 0 Å². The Bertz CT molecular complexity index is 653. The van der Waals surface area contributed by atoms with Gasteiger partial charge in [0.25, 0.3) is 0 Å². The second kappa shape index (κ2) is 9.01. The lowest BCUT2D eigenvalue weighted by molar-refractivity contribution is -0.129. The molecule has 6 nitrogen and oxygen atoms in total. The van der Waals surface area contributed by atoms with Gasteiger partial charge in [-0.3, -0.25) is 4.79 Å². The number of carbonyl (C=O) groups is 1. The summed E-state index contributed by atoms with van der Waals surface area (Å²) in [6.45, 7) is 2.09. The minimum Gasteiger partial charge on any atom is -0.439 e. The van der Waals surface area contributed by atoms with Crippen LogP contribution < -0.4 is 10.1 Å². The van der Waals surface area contributed by atoms with Gasteiger partial charge in [-0.1, -0.05) is 19.3 Å². The second-order valence-corrected chi connectivity index (χ2v) is 6.18. The van der Waals surface area contributed by atoms with Crippen molar-refractivity contribution in [1.29, 1.82) is 0 Å². The van der Waals surface area contributed by atoms with Gasteiger partial charge < -0.3 is 15.0 Å². The summed E-state index contributed by atoms with van der Waals surface area (Å²) in [4.78, 5) is 22.2. The van der Waals surface area contributed by atoms with Gasteiger partial charge in [-0.25, -0.2) is 9.97 Å². The van der Waals surface area contributed by atoms with Gasteiger partial charge in [0.15, 0.2) is 0 Å². The first-order chi connectivity index (χ1) is 12.3. The van der Waals surface area contributed by atoms with Crippen LogP contribution in [0.25, 0.3) is 0 Å². The highest BCUT2D eigenvalue weighted by molar-refractivity contribution is 5.80. The maximum atomic E-state index is 12.4. The van der Waals surface area contributed by atoms with Gasteiger partial charge in [0.05, 0.1) is 6.54 Å². The molecular formula is C19H24N4O2. The number of rotatable bonds is 5. The summed E-state index contributed by atoms with van der Waals surface area (Å²) < 4.78 is 5.63. The molecular weight excluding hydrogens is 316 g/mol. The van der Waals surface area contributed by atoms with Crippen molar-refractivity contribution in [3.63, 3.8) is 0 Å². The van der Waals surface area contributed by atoms with Gasteiger partial charge >= 0.3 is 0 Å². The van der Waals surface area contributed by atoms with E-state index in [1.165, 1.54) is 25.6 Å². The van der Waals surface area contributed by atoms with Crippen LogP contribution in [0.1, 0.15) is 32.1 Å². The highest BCUT2D eigenvalue weighted by Crippen LogP contribution is 2.20. The van der Waals surface area contributed by atoms with Gasteiger partial charge in [-0.2, -0.15) is 0 Å². The van der Waals surface area contributed by atoms with E-state index in [0.29, 0.717) is 18.2 Å². The maximum Gasteiger partial charge on any atom is 0.241 e. The van der Waals surface area contributed by atoms with E-state index in [-0.39, 0.29) is 5.91 Å². The molecule has 1 aliphatic heterocycles. The smallest absolute Gasteiger partial charge is 0.241 e. The minimum absolute atomic E-state index is 0.170. The summed E-state index contributed by atoms with van der Waals surface area (Å²) in [5, 5.41) is 3.20. The molecule has 3 rings (SSSR count). The molecule has 1 N–H and O–H groups in total. The molecule has 1 aliphatic rings. The summed E-state index contributed by atoms with van der Waals surface area (Å²) in [6.07, 6.45) is 9.05. The Kier molecular flexibility index (Phi) is 6.20. The molecule has 1 aromatic carbocycles. The van der Waals surface area contributed by atoms with Crippen LogP contribution >= 0.6 is 0 Å². The van der Waals surface area contributed by atoms with Crippen molar-refractivity contribution in [3.05, 3.63) is 42.9 Å². The van der Waals surface area contributed by atoms with Crippen molar-refractivity contribution in [2.24, 2.45) is 0 Å². The zero-order chi connectivity index (χ0) is 17.3. The van der Waals surface area contributed by atoms with Crippen molar-refractivity contribution < 1.29 is 9.53 Å². The Morgan fingerprint density at radius 1 is 1.04 bits per heavy atom. The molecule has 2 aromatic rings. The number of benzene rings is 1. The molecule has 0 bridgehead atoms. The van der Waals surface area contributed by atoms with E-state index in [2.05, 4.69) is 15.3 Å². The molecule has 0 atom stereocenters. The van der Waals surface area contributed by atoms with E-state index in [9.17, 15) is 4.79 Å². The maximum absolute atomic E-state index is 12.4. The normalized spacial score (nSPS) is 15.1. The molecule has 0 spiro atoms. The molecule has 2 heterocycles. The molecule has 1 saturated heterocycles. The molecule has 1 aromatic heterocycles. The third kappa shape index (κ3) is 5.45. The fraction of sp³-hybridized carbons (Fsp3) is 0.421. The molecule has 6 heteroatoms. The zero-order valence-electron chi connectivity index (χ0n) is 14.4. The van der Waals surface area contributed by atoms with Crippen LogP contribution in [-0.2, 0) is 4.79 Å². The van der Waals surface area contributed by atoms with Gasteiger partial charge in [0.1, 0.15) is 12.1 Å². The number of hydrogen-bond acceptors (Lipinski definition) is 5. The van der Waals surface area contributed by atoms with E-state index < -0.39 is 0 Å². The van der Waals surface area contributed by atoms with Crippen LogP contribution in [0.5, 0.6) is 11.6 Å². The number of ether oxygens (including phenoxy) is 1. The Morgan fingerprint density at radius 2 is 1.76 bits per heavy atom. The Hall–Kier alpha value is -2.63. The SMILES string of the molecule is O=C(CNc1ccc(Oc2ccncn2)cc1)N1CCCCCCC1. The molecule has 25 heavy (non-hydrogen) atoms. The van der Waals surface area contributed by atoms with E-state index in [1.807, 2.05) is 29.2 Å². The van der Waals surface area contributed by atoms with Gasteiger partial charge in [-0.15, -0.1) is 0 Å². The van der Waals surface area contributed by atoms with Crippen molar-refractivity contribution in [2.75, 3.05) is 25.0 Å². The molecule has 0 aliphatic carbocycles. The predicted molar refractivity (Wildman–Crippen MR) is 96.7 cm³/mol. The number of carbonyl (C=O) groups excluding carboxylic acids is 1. The number of hydrogen-bond donors (Lipinski definition) is 1. The third-order valence-electron chi connectivity index (χ3n) is 4.28. The van der Waals surface area contributed by atoms with Gasteiger partial charge in [-0.05, 0) is 37.1 Å². The topological polar surface area (TPSA) is 67.3 Å². The monoisotopic (exact) mass is 340 g/mol. The first kappa shape index (κ1) is 17.2. The van der Waals surface area contributed by atoms with Crippen LogP contribution in [0, 0.1) is 0 Å². The minimum atomic E-state index is 0.170. The Balaban J connectivity index is 1.48. The molecule has 1 fully saturated rings. The number of likely N-dealkylation sites (tertiary alicyclic amines) is 1. The van der Waals surface area contributed by atoms with Crippen LogP contribution in [0.4, 0.5) is 5.69 Å².